The van der Waals surface area contributed by atoms with Crippen LogP contribution in [-0.4, -0.2) is 33.8 Å². The Hall–Kier alpha value is -3.15. The van der Waals surface area contributed by atoms with Gasteiger partial charge in [0, 0.05) is 5.56 Å². The fraction of sp³-hybridized carbons (Fsp3) is 0.118. The van der Waals surface area contributed by atoms with Gasteiger partial charge in [0.15, 0.2) is 23.0 Å². The van der Waals surface area contributed by atoms with Crippen molar-refractivity contribution in [3.05, 3.63) is 48.7 Å². The molecule has 114 valence electrons. The number of aromatic nitrogens is 4. The number of hydrogen-bond acceptors (Lipinski definition) is 5. The van der Waals surface area contributed by atoms with Crippen molar-refractivity contribution in [3.63, 3.8) is 0 Å². The van der Waals surface area contributed by atoms with Crippen LogP contribution in [0.25, 0.3) is 28.1 Å². The van der Waals surface area contributed by atoms with E-state index in [1.807, 2.05) is 46.9 Å². The smallest absolute Gasteiger partial charge is 0.180 e. The topological polar surface area (TPSA) is 61.5 Å². The molecule has 0 spiro atoms. The number of para-hydroxylation sites is 2. The third-order valence-corrected chi connectivity index (χ3v) is 3.77. The van der Waals surface area contributed by atoms with Crippen molar-refractivity contribution in [1.29, 1.82) is 0 Å². The number of nitrogens with zero attached hydrogens (tertiary/aromatic N) is 4. The lowest BCUT2D eigenvalue weighted by molar-refractivity contribution is 0.355. The normalized spacial score (nSPS) is 11.0. The molecular formula is C17H14N4O2. The van der Waals surface area contributed by atoms with Crippen LogP contribution in [0.5, 0.6) is 11.5 Å². The van der Waals surface area contributed by atoms with Crippen LogP contribution >= 0.6 is 0 Å². The van der Waals surface area contributed by atoms with Crippen molar-refractivity contribution in [2.24, 2.45) is 0 Å². The molecule has 0 saturated carbocycles. The second kappa shape index (κ2) is 5.24. The highest BCUT2D eigenvalue weighted by atomic mass is 16.5. The zero-order valence-corrected chi connectivity index (χ0v) is 12.7. The first-order chi connectivity index (χ1) is 11.3. The fourth-order valence-electron chi connectivity index (χ4n) is 2.67. The summed E-state index contributed by atoms with van der Waals surface area (Å²) in [5, 5.41) is 8.54. The summed E-state index contributed by atoms with van der Waals surface area (Å²) in [7, 11) is 3.23. The summed E-state index contributed by atoms with van der Waals surface area (Å²) in [5.41, 5.74) is 3.45. The summed E-state index contributed by atoms with van der Waals surface area (Å²) in [6.45, 7) is 0. The molecule has 0 fully saturated rings. The molecule has 2 aromatic carbocycles. The number of methoxy groups -OCH3 is 2. The van der Waals surface area contributed by atoms with Crippen LogP contribution in [0.15, 0.2) is 48.7 Å². The molecule has 23 heavy (non-hydrogen) atoms. The van der Waals surface area contributed by atoms with Gasteiger partial charge in [-0.3, -0.25) is 9.38 Å². The van der Waals surface area contributed by atoms with Crippen molar-refractivity contribution >= 4 is 16.7 Å². The van der Waals surface area contributed by atoms with Gasteiger partial charge in [0.05, 0.1) is 31.4 Å². The first-order valence-electron chi connectivity index (χ1n) is 7.13. The van der Waals surface area contributed by atoms with Crippen LogP contribution in [0.4, 0.5) is 0 Å². The molecule has 4 rings (SSSR count). The van der Waals surface area contributed by atoms with Crippen molar-refractivity contribution in [1.82, 2.24) is 19.6 Å². The molecule has 0 amide bonds. The van der Waals surface area contributed by atoms with Crippen LogP contribution in [0.3, 0.4) is 0 Å². The zero-order chi connectivity index (χ0) is 15.8. The molecule has 2 aromatic heterocycles. The summed E-state index contributed by atoms with van der Waals surface area (Å²) in [6.07, 6.45) is 1.72. The molecule has 0 unspecified atom stereocenters. The van der Waals surface area contributed by atoms with E-state index in [1.165, 1.54) is 0 Å². The highest BCUT2D eigenvalue weighted by Gasteiger charge is 2.14. The lowest BCUT2D eigenvalue weighted by Crippen LogP contribution is -1.95. The third kappa shape index (κ3) is 2.07. The molecule has 6 heteroatoms. The largest absolute Gasteiger partial charge is 0.493 e. The minimum atomic E-state index is 0.653. The first-order valence-corrected chi connectivity index (χ1v) is 7.13. The molecule has 0 radical (unpaired) electrons. The molecule has 0 saturated heterocycles. The average Bonchev–Trinajstić information content (AvgIpc) is 3.05. The summed E-state index contributed by atoms with van der Waals surface area (Å²) < 4.78 is 12.7. The van der Waals surface area contributed by atoms with Gasteiger partial charge in [0.2, 0.25) is 0 Å². The fourth-order valence-corrected chi connectivity index (χ4v) is 2.67. The molecule has 0 atom stereocenters. The highest BCUT2D eigenvalue weighted by Crippen LogP contribution is 2.32. The predicted molar refractivity (Wildman–Crippen MR) is 86.8 cm³/mol. The van der Waals surface area contributed by atoms with Gasteiger partial charge in [-0.15, -0.1) is 10.2 Å². The first kappa shape index (κ1) is 13.5. The van der Waals surface area contributed by atoms with Gasteiger partial charge in [0.25, 0.3) is 0 Å². The number of rotatable bonds is 3. The number of hydrogen-bond donors (Lipinski definition) is 0. The molecule has 0 aliphatic heterocycles. The number of fused-ring (bicyclic) bond motifs is 3. The average molecular weight is 306 g/mol. The molecule has 6 nitrogen and oxygen atoms in total. The monoisotopic (exact) mass is 306 g/mol. The van der Waals surface area contributed by atoms with Crippen molar-refractivity contribution in [2.75, 3.05) is 14.2 Å². The van der Waals surface area contributed by atoms with E-state index in [0.717, 1.165) is 22.4 Å². The maximum absolute atomic E-state index is 5.38. The standard InChI is InChI=1S/C17H14N4O2/c1-22-14-8-7-11(9-15(14)23-2)17-20-19-16-10-18-12-5-3-4-6-13(12)21(16)17/h3-10H,1-2H3. The maximum Gasteiger partial charge on any atom is 0.180 e. The van der Waals surface area contributed by atoms with Gasteiger partial charge < -0.3 is 9.47 Å². The second-order valence-electron chi connectivity index (χ2n) is 5.03. The van der Waals surface area contributed by atoms with Crippen LogP contribution in [-0.2, 0) is 0 Å². The summed E-state index contributed by atoms with van der Waals surface area (Å²) in [6, 6.07) is 13.6. The minimum absolute atomic E-state index is 0.653. The lowest BCUT2D eigenvalue weighted by Gasteiger charge is -2.09. The number of ether oxygens (including phenoxy) is 2. The Bertz CT molecular complexity index is 1010. The van der Waals surface area contributed by atoms with Crippen molar-refractivity contribution < 1.29 is 9.47 Å². The molecule has 0 aliphatic carbocycles. The van der Waals surface area contributed by atoms with Crippen molar-refractivity contribution in [2.45, 2.75) is 0 Å². The van der Waals surface area contributed by atoms with E-state index in [-0.39, 0.29) is 0 Å². The molecule has 4 aromatic rings. The molecule has 2 heterocycles. The van der Waals surface area contributed by atoms with Crippen LogP contribution in [0.1, 0.15) is 0 Å². The Balaban J connectivity index is 2.01. The van der Waals surface area contributed by atoms with Crippen molar-refractivity contribution in [3.8, 4) is 22.9 Å². The SMILES string of the molecule is COc1ccc(-c2nnc3cnc4ccccc4n23)cc1OC. The third-order valence-electron chi connectivity index (χ3n) is 3.77. The summed E-state index contributed by atoms with van der Waals surface area (Å²) in [5.74, 6) is 2.07. The van der Waals surface area contributed by atoms with E-state index < -0.39 is 0 Å². The Morgan fingerprint density at radius 3 is 2.57 bits per heavy atom. The van der Waals surface area contributed by atoms with E-state index in [2.05, 4.69) is 15.2 Å². The summed E-state index contributed by atoms with van der Waals surface area (Å²) >= 11 is 0. The Labute approximate surface area is 132 Å². The Morgan fingerprint density at radius 2 is 1.74 bits per heavy atom. The van der Waals surface area contributed by atoms with E-state index in [4.69, 9.17) is 9.47 Å². The van der Waals surface area contributed by atoms with Crippen LogP contribution < -0.4 is 9.47 Å². The maximum atomic E-state index is 5.38. The summed E-state index contributed by atoms with van der Waals surface area (Å²) in [4.78, 5) is 4.41. The van der Waals surface area contributed by atoms with Gasteiger partial charge in [-0.2, -0.15) is 0 Å². The van der Waals surface area contributed by atoms with Gasteiger partial charge in [-0.05, 0) is 30.3 Å². The molecular weight excluding hydrogens is 292 g/mol. The molecule has 0 aliphatic rings. The van der Waals surface area contributed by atoms with Gasteiger partial charge in [-0.25, -0.2) is 0 Å². The molecule has 0 bridgehead atoms. The van der Waals surface area contributed by atoms with Crippen LogP contribution in [0.2, 0.25) is 0 Å². The highest BCUT2D eigenvalue weighted by molar-refractivity contribution is 5.80. The van der Waals surface area contributed by atoms with Gasteiger partial charge in [0.1, 0.15) is 0 Å². The lowest BCUT2D eigenvalue weighted by atomic mass is 10.2. The van der Waals surface area contributed by atoms with E-state index >= 15 is 0 Å². The van der Waals surface area contributed by atoms with Gasteiger partial charge >= 0.3 is 0 Å². The van der Waals surface area contributed by atoms with Gasteiger partial charge in [-0.1, -0.05) is 12.1 Å². The number of benzene rings is 2. The zero-order valence-electron chi connectivity index (χ0n) is 12.7. The quantitative estimate of drug-likeness (QED) is 0.582. The Kier molecular flexibility index (Phi) is 3.08. The predicted octanol–water partition coefficient (Wildman–Crippen LogP) is 2.96. The Morgan fingerprint density at radius 1 is 0.913 bits per heavy atom. The van der Waals surface area contributed by atoms with E-state index in [0.29, 0.717) is 17.1 Å². The minimum Gasteiger partial charge on any atom is -0.493 e. The second-order valence-corrected chi connectivity index (χ2v) is 5.03. The van der Waals surface area contributed by atoms with Crippen LogP contribution in [0, 0.1) is 0 Å². The van der Waals surface area contributed by atoms with E-state index in [1.54, 1.807) is 20.4 Å². The molecule has 0 N–H and O–H groups in total. The van der Waals surface area contributed by atoms with E-state index in [9.17, 15) is 0 Å².